The summed E-state index contributed by atoms with van der Waals surface area (Å²) in [5.41, 5.74) is 0. The van der Waals surface area contributed by atoms with Crippen LogP contribution in [-0.4, -0.2) is 46.9 Å². The first-order chi connectivity index (χ1) is 1.00. The van der Waals surface area contributed by atoms with Crippen molar-refractivity contribution < 1.29 is 7.72 Å². The smallest absolute Gasteiger partial charge is 0 e. The average Bonchev–Trinajstić information content (AvgIpc) is 1.00. The first-order valence-corrected chi connectivity index (χ1v) is 1.22. The molecule has 0 atom stereocenters. The molecule has 22 valence electrons. The van der Waals surface area contributed by atoms with E-state index in [2.05, 4.69) is 0 Å². The predicted octanol–water partition coefficient (Wildman–Crippen LogP) is -0.460. The van der Waals surface area contributed by atoms with Crippen molar-refractivity contribution in [2.24, 2.45) is 0 Å². The van der Waals surface area contributed by atoms with E-state index in [4.69, 9.17) is 3.02 Å². The van der Waals surface area contributed by atoms with Gasteiger partial charge in [-0.05, 0) is 0 Å². The topological polar surface area (TPSA) is 17.1 Å². The first-order valence-electron chi connectivity index (χ1n) is 0.183. The Balaban J connectivity index is -0.00000000500. The van der Waals surface area contributed by atoms with Crippen LogP contribution in [-0.2, 0) is 3.02 Å². The van der Waals surface area contributed by atoms with Crippen LogP contribution in [0.4, 0.5) is 4.70 Å². The van der Waals surface area contributed by atoms with Crippen LogP contribution in [0.2, 0.25) is 0 Å². The summed E-state index contributed by atoms with van der Waals surface area (Å²) in [6, 6.07) is 0. The van der Waals surface area contributed by atoms with E-state index in [1.165, 1.54) is 0 Å². The molecule has 0 aromatic carbocycles. The van der Waals surface area contributed by atoms with Crippen molar-refractivity contribution in [1.29, 1.82) is 0 Å². The van der Waals surface area contributed by atoms with Crippen LogP contribution >= 0.6 is 0 Å². The molecule has 0 spiro atoms. The van der Waals surface area contributed by atoms with Crippen LogP contribution in [0.3, 0.4) is 0 Å². The van der Waals surface area contributed by atoms with Gasteiger partial charge in [-0.15, -0.1) is 0 Å². The molecule has 4 heteroatoms. The average molecular weight is 275 g/mol. The summed E-state index contributed by atoms with van der Waals surface area (Å²) >= 11 is 0.500. The van der Waals surface area contributed by atoms with Gasteiger partial charge in [0, 0.05) is 28.6 Å². The van der Waals surface area contributed by atoms with Crippen molar-refractivity contribution in [3.63, 3.8) is 0 Å². The molecule has 0 heterocycles. The van der Waals surface area contributed by atoms with Gasteiger partial charge >= 0.3 is 26.0 Å². The Bertz CT molecular complexity index is 8.00. The van der Waals surface area contributed by atoms with Crippen LogP contribution in [0, 0.1) is 0 Å². The van der Waals surface area contributed by atoms with Gasteiger partial charge in [-0.25, -0.2) is 0 Å². The molecule has 0 aliphatic carbocycles. The van der Waals surface area contributed by atoms with Crippen LogP contribution in [0.15, 0.2) is 0 Å². The summed E-state index contributed by atoms with van der Waals surface area (Å²) in [4.78, 5) is 0. The van der Waals surface area contributed by atoms with Gasteiger partial charge < -0.3 is 0 Å². The van der Waals surface area contributed by atoms with E-state index in [1.807, 2.05) is 0 Å². The Morgan fingerprint density at radius 2 is 1.25 bits per heavy atom. The van der Waals surface area contributed by atoms with E-state index in [-0.39, 0.29) is 28.6 Å². The van der Waals surface area contributed by atoms with E-state index >= 15 is 0 Å². The number of hydrogen-bond donors (Lipinski definition) is 0. The van der Waals surface area contributed by atoms with Crippen molar-refractivity contribution in [2.45, 2.75) is 0 Å². The third-order valence-electron chi connectivity index (χ3n) is 0. The van der Waals surface area contributed by atoms with Gasteiger partial charge in [0.2, 0.25) is 0 Å². The third kappa shape index (κ3) is 10.2. The summed E-state index contributed by atoms with van der Waals surface area (Å²) in [6.45, 7) is 0. The van der Waals surface area contributed by atoms with Crippen molar-refractivity contribution in [3.05, 3.63) is 0 Å². The molecule has 1 nitrogen and oxygen atoms in total. The Morgan fingerprint density at radius 1 is 1.25 bits per heavy atom. The zero-order chi connectivity index (χ0) is 2.00. The van der Waals surface area contributed by atoms with Gasteiger partial charge in [-0.3, -0.25) is 0 Å². The zero-order valence-corrected chi connectivity index (χ0v) is 7.14. The second kappa shape index (κ2) is 26.8. The molecule has 0 bridgehead atoms. The summed E-state index contributed by atoms with van der Waals surface area (Å²) in [6.07, 6.45) is 0. The van der Waals surface area contributed by atoms with E-state index in [0.717, 1.165) is 0 Å². The second-order valence-corrected chi connectivity index (χ2v) is 0. The fourth-order valence-electron chi connectivity index (χ4n) is 0. The van der Waals surface area contributed by atoms with E-state index in [1.54, 1.807) is 0 Å². The SMILES string of the molecule is [F].[O]=[Sb].[Sn]. The Kier molecular flexibility index (Phi) is 123. The van der Waals surface area contributed by atoms with Gasteiger partial charge in [0.15, 0.2) is 0 Å². The van der Waals surface area contributed by atoms with Gasteiger partial charge in [-0.1, -0.05) is 0 Å². The largest absolute Gasteiger partial charge is 0 e. The summed E-state index contributed by atoms with van der Waals surface area (Å²) in [7, 11) is 0. The van der Waals surface area contributed by atoms with Crippen molar-refractivity contribution in [1.82, 2.24) is 0 Å². The molecule has 4 heavy (non-hydrogen) atoms. The maximum Gasteiger partial charge on any atom is 0 e. The molecular weight excluding hydrogens is 275 g/mol. The Hall–Kier alpha value is 1.35. The van der Waals surface area contributed by atoms with Crippen LogP contribution in [0.25, 0.3) is 0 Å². The first kappa shape index (κ1) is 18.3. The molecule has 0 amide bonds. The van der Waals surface area contributed by atoms with E-state index < -0.39 is 0 Å². The number of hydrogen-bond acceptors (Lipinski definition) is 1. The number of halogens is 1. The van der Waals surface area contributed by atoms with Crippen LogP contribution < -0.4 is 0 Å². The van der Waals surface area contributed by atoms with Gasteiger partial charge in [0.05, 0.1) is 0 Å². The predicted molar refractivity (Wildman–Crippen MR) is 13.3 cm³/mol. The molecular formula is FOSbSn. The second-order valence-electron chi connectivity index (χ2n) is 0. The Labute approximate surface area is 54.4 Å². The third-order valence-corrected chi connectivity index (χ3v) is 0. The molecule has 0 aliphatic rings. The van der Waals surface area contributed by atoms with Crippen LogP contribution in [0.5, 0.6) is 0 Å². The molecule has 0 aromatic rings. The molecule has 0 rings (SSSR count). The molecule has 0 aromatic heterocycles. The molecule has 6 radical (unpaired) electrons. The molecule has 0 saturated heterocycles. The number of rotatable bonds is 0. The minimum Gasteiger partial charge on any atom is 0 e. The van der Waals surface area contributed by atoms with E-state index in [9.17, 15) is 0 Å². The molecule has 0 N–H and O–H groups in total. The maximum absolute atomic E-state index is 8.30. The molecule has 0 fully saturated rings. The minimum atomic E-state index is 0. The monoisotopic (exact) mass is 276 g/mol. The van der Waals surface area contributed by atoms with Crippen molar-refractivity contribution >= 4 is 46.9 Å². The summed E-state index contributed by atoms with van der Waals surface area (Å²) < 4.78 is 8.30. The van der Waals surface area contributed by atoms with Crippen molar-refractivity contribution in [3.8, 4) is 0 Å². The standard InChI is InChI=1S/F.O.Sb.Sn. The fourth-order valence-corrected chi connectivity index (χ4v) is 0. The molecule has 0 unspecified atom stereocenters. The van der Waals surface area contributed by atoms with Gasteiger partial charge in [-0.2, -0.15) is 0 Å². The van der Waals surface area contributed by atoms with Crippen molar-refractivity contribution in [2.75, 3.05) is 0 Å². The zero-order valence-electron chi connectivity index (χ0n) is 1.73. The molecule has 0 aliphatic heterocycles. The minimum absolute atomic E-state index is 0. The Morgan fingerprint density at radius 3 is 1.25 bits per heavy atom. The molecule has 0 saturated carbocycles. The van der Waals surface area contributed by atoms with Gasteiger partial charge in [0.1, 0.15) is 0 Å². The quantitative estimate of drug-likeness (QED) is 0.547. The van der Waals surface area contributed by atoms with E-state index in [0.29, 0.717) is 23.0 Å². The fraction of sp³-hybridized carbons (Fsp3) is 0. The normalized spacial score (nSPS) is 1.00. The van der Waals surface area contributed by atoms with Gasteiger partial charge in [0.25, 0.3) is 0 Å². The van der Waals surface area contributed by atoms with Crippen LogP contribution in [0.1, 0.15) is 0 Å². The summed E-state index contributed by atoms with van der Waals surface area (Å²) in [5, 5.41) is 0. The summed E-state index contributed by atoms with van der Waals surface area (Å²) in [5.74, 6) is 0. The maximum atomic E-state index is 8.30.